The fourth-order valence-corrected chi connectivity index (χ4v) is 2.30. The molecule has 2 heterocycles. The van der Waals surface area contributed by atoms with E-state index in [0.717, 1.165) is 42.0 Å². The van der Waals surface area contributed by atoms with E-state index in [9.17, 15) is 0 Å². The fourth-order valence-electron chi connectivity index (χ4n) is 2.30. The maximum atomic E-state index is 5.69. The molecule has 4 heteroatoms. The Labute approximate surface area is 114 Å². The Kier molecular flexibility index (Phi) is 4.32. The summed E-state index contributed by atoms with van der Waals surface area (Å²) in [6, 6.07) is 1.93. The van der Waals surface area contributed by atoms with Gasteiger partial charge in [-0.05, 0) is 49.9 Å². The van der Waals surface area contributed by atoms with Crippen molar-refractivity contribution < 1.29 is 4.42 Å². The highest BCUT2D eigenvalue weighted by Crippen LogP contribution is 2.24. The largest absolute Gasteiger partial charge is 0.461 e. The Balaban J connectivity index is 2.56. The monoisotopic (exact) mass is 259 g/mol. The lowest BCUT2D eigenvalue weighted by Crippen LogP contribution is -2.12. The minimum absolute atomic E-state index is 0.627. The molecule has 2 aromatic rings. The molecule has 0 saturated carbocycles. The minimum atomic E-state index is 0.627. The highest BCUT2D eigenvalue weighted by Gasteiger charge is 2.15. The maximum absolute atomic E-state index is 5.69. The third-order valence-corrected chi connectivity index (χ3v) is 3.31. The molecule has 102 valence electrons. The van der Waals surface area contributed by atoms with Crippen molar-refractivity contribution in [3.8, 4) is 11.6 Å². The van der Waals surface area contributed by atoms with Gasteiger partial charge in [-0.1, -0.05) is 13.8 Å². The molecular weight excluding hydrogens is 238 g/mol. The van der Waals surface area contributed by atoms with Gasteiger partial charge < -0.3 is 10.2 Å². The van der Waals surface area contributed by atoms with E-state index in [4.69, 9.17) is 10.2 Å². The molecule has 0 aliphatic rings. The summed E-state index contributed by atoms with van der Waals surface area (Å²) in [7, 11) is 0. The number of hydrogen-bond acceptors (Lipinski definition) is 4. The van der Waals surface area contributed by atoms with Crippen LogP contribution in [0.15, 0.2) is 16.7 Å². The topological polar surface area (TPSA) is 64.9 Å². The fraction of sp³-hybridized carbons (Fsp3) is 0.467. The van der Waals surface area contributed by atoms with Crippen molar-refractivity contribution in [3.63, 3.8) is 0 Å². The summed E-state index contributed by atoms with van der Waals surface area (Å²) in [5.41, 5.74) is 10.1. The van der Waals surface area contributed by atoms with E-state index in [1.165, 1.54) is 5.56 Å². The van der Waals surface area contributed by atoms with Gasteiger partial charge in [-0.2, -0.15) is 0 Å². The van der Waals surface area contributed by atoms with Crippen LogP contribution >= 0.6 is 0 Å². The molecule has 0 unspecified atom stereocenters. The van der Waals surface area contributed by atoms with Crippen LogP contribution in [0.2, 0.25) is 0 Å². The molecule has 0 fully saturated rings. The lowest BCUT2D eigenvalue weighted by Gasteiger charge is -2.12. The smallest absolute Gasteiger partial charge is 0.196 e. The van der Waals surface area contributed by atoms with Gasteiger partial charge in [0.1, 0.15) is 0 Å². The standard InChI is InChI=1S/C15H21N3O/c1-4-12-11(6-8-16)13(5-2)18-15(17-12)14-10(3)7-9-19-14/h7,9H,4-6,8,16H2,1-3H3. The molecule has 2 rings (SSSR count). The zero-order valence-corrected chi connectivity index (χ0v) is 11.9. The molecule has 0 saturated heterocycles. The third kappa shape index (κ3) is 2.68. The zero-order valence-electron chi connectivity index (χ0n) is 11.9. The van der Waals surface area contributed by atoms with E-state index in [1.54, 1.807) is 6.26 Å². The van der Waals surface area contributed by atoms with Crippen molar-refractivity contribution in [3.05, 3.63) is 34.8 Å². The van der Waals surface area contributed by atoms with E-state index in [2.05, 4.69) is 23.8 Å². The predicted molar refractivity (Wildman–Crippen MR) is 76.0 cm³/mol. The first kappa shape index (κ1) is 13.7. The van der Waals surface area contributed by atoms with Crippen molar-refractivity contribution in [2.75, 3.05) is 6.54 Å². The van der Waals surface area contributed by atoms with Gasteiger partial charge in [-0.3, -0.25) is 0 Å². The summed E-state index contributed by atoms with van der Waals surface area (Å²) < 4.78 is 5.50. The summed E-state index contributed by atoms with van der Waals surface area (Å²) in [6.07, 6.45) is 4.29. The summed E-state index contributed by atoms with van der Waals surface area (Å²) in [5.74, 6) is 1.46. The first-order valence-electron chi connectivity index (χ1n) is 6.84. The molecule has 0 radical (unpaired) electrons. The molecule has 0 aliphatic heterocycles. The Morgan fingerprint density at radius 2 is 1.79 bits per heavy atom. The second kappa shape index (κ2) is 5.97. The average Bonchev–Trinajstić information content (AvgIpc) is 2.85. The van der Waals surface area contributed by atoms with E-state index in [0.29, 0.717) is 12.4 Å². The molecule has 0 aromatic carbocycles. The first-order chi connectivity index (χ1) is 9.21. The third-order valence-electron chi connectivity index (χ3n) is 3.31. The van der Waals surface area contributed by atoms with Crippen LogP contribution < -0.4 is 5.73 Å². The van der Waals surface area contributed by atoms with Crippen LogP contribution in [0.4, 0.5) is 0 Å². The zero-order chi connectivity index (χ0) is 13.8. The van der Waals surface area contributed by atoms with Crippen molar-refractivity contribution >= 4 is 0 Å². The van der Waals surface area contributed by atoms with Crippen LogP contribution in [-0.4, -0.2) is 16.5 Å². The molecule has 0 aliphatic carbocycles. The van der Waals surface area contributed by atoms with Gasteiger partial charge in [0.25, 0.3) is 0 Å². The van der Waals surface area contributed by atoms with Crippen LogP contribution in [0.25, 0.3) is 11.6 Å². The molecule has 4 nitrogen and oxygen atoms in total. The van der Waals surface area contributed by atoms with Gasteiger partial charge in [0.15, 0.2) is 11.6 Å². The van der Waals surface area contributed by atoms with Gasteiger partial charge in [-0.15, -0.1) is 0 Å². The molecule has 0 bridgehead atoms. The van der Waals surface area contributed by atoms with E-state index in [1.807, 2.05) is 13.0 Å². The molecule has 0 atom stereocenters. The number of rotatable bonds is 5. The highest BCUT2D eigenvalue weighted by molar-refractivity contribution is 5.53. The number of furan rings is 1. The van der Waals surface area contributed by atoms with Gasteiger partial charge >= 0.3 is 0 Å². The lowest BCUT2D eigenvalue weighted by molar-refractivity contribution is 0.574. The second-order valence-electron chi connectivity index (χ2n) is 4.60. The number of nitrogens with zero attached hydrogens (tertiary/aromatic N) is 2. The first-order valence-corrected chi connectivity index (χ1v) is 6.84. The van der Waals surface area contributed by atoms with Crippen LogP contribution in [0.5, 0.6) is 0 Å². The van der Waals surface area contributed by atoms with Gasteiger partial charge in [0.2, 0.25) is 0 Å². The minimum Gasteiger partial charge on any atom is -0.461 e. The van der Waals surface area contributed by atoms with Crippen LogP contribution in [0.1, 0.15) is 36.4 Å². The molecule has 19 heavy (non-hydrogen) atoms. The van der Waals surface area contributed by atoms with Crippen LogP contribution in [-0.2, 0) is 19.3 Å². The average molecular weight is 259 g/mol. The molecule has 2 aromatic heterocycles. The van der Waals surface area contributed by atoms with Crippen LogP contribution in [0.3, 0.4) is 0 Å². The predicted octanol–water partition coefficient (Wildman–Crippen LogP) is 2.67. The van der Waals surface area contributed by atoms with Crippen molar-refractivity contribution in [2.45, 2.75) is 40.0 Å². The van der Waals surface area contributed by atoms with Gasteiger partial charge in [-0.25, -0.2) is 9.97 Å². The number of hydrogen-bond donors (Lipinski definition) is 1. The Bertz CT molecular complexity index is 535. The van der Waals surface area contributed by atoms with Crippen molar-refractivity contribution in [2.24, 2.45) is 5.73 Å². The molecule has 0 amide bonds. The number of aryl methyl sites for hydroxylation is 3. The summed E-state index contributed by atoms with van der Waals surface area (Å²) >= 11 is 0. The highest BCUT2D eigenvalue weighted by atomic mass is 16.3. The summed E-state index contributed by atoms with van der Waals surface area (Å²) in [5, 5.41) is 0. The maximum Gasteiger partial charge on any atom is 0.196 e. The van der Waals surface area contributed by atoms with Crippen LogP contribution in [0, 0.1) is 6.92 Å². The quantitative estimate of drug-likeness (QED) is 0.896. The van der Waals surface area contributed by atoms with E-state index >= 15 is 0 Å². The van der Waals surface area contributed by atoms with E-state index in [-0.39, 0.29) is 0 Å². The second-order valence-corrected chi connectivity index (χ2v) is 4.60. The van der Waals surface area contributed by atoms with E-state index < -0.39 is 0 Å². The summed E-state index contributed by atoms with van der Waals surface area (Å²) in [6.45, 7) is 6.86. The number of aromatic nitrogens is 2. The SMILES string of the molecule is CCc1nc(-c2occc2C)nc(CC)c1CCN. The van der Waals surface area contributed by atoms with Crippen molar-refractivity contribution in [1.29, 1.82) is 0 Å². The lowest BCUT2D eigenvalue weighted by atomic mass is 10.0. The van der Waals surface area contributed by atoms with Gasteiger partial charge in [0.05, 0.1) is 6.26 Å². The van der Waals surface area contributed by atoms with Gasteiger partial charge in [0, 0.05) is 11.4 Å². The number of nitrogens with two attached hydrogens (primary N) is 1. The summed E-state index contributed by atoms with van der Waals surface area (Å²) in [4.78, 5) is 9.32. The molecular formula is C15H21N3O. The Morgan fingerprint density at radius 3 is 2.21 bits per heavy atom. The normalized spacial score (nSPS) is 10.9. The Hall–Kier alpha value is -1.68. The van der Waals surface area contributed by atoms with Crippen molar-refractivity contribution in [1.82, 2.24) is 9.97 Å². The Morgan fingerprint density at radius 1 is 1.16 bits per heavy atom. The molecule has 2 N–H and O–H groups in total. The molecule has 0 spiro atoms.